The summed E-state index contributed by atoms with van der Waals surface area (Å²) in [6.45, 7) is 4.46. The van der Waals surface area contributed by atoms with Gasteiger partial charge >= 0.3 is 0 Å². The molecule has 1 aliphatic carbocycles. The van der Waals surface area contributed by atoms with Gasteiger partial charge in [0.15, 0.2) is 0 Å². The van der Waals surface area contributed by atoms with Crippen LogP contribution in [0.4, 0.5) is 5.69 Å². The minimum atomic E-state index is -0.493. The lowest BCUT2D eigenvalue weighted by atomic mass is 9.89. The number of ether oxygens (including phenoxy) is 2. The molecule has 0 atom stereocenters. The normalized spacial score (nSPS) is 21.1. The average molecular weight is 393 g/mol. The van der Waals surface area contributed by atoms with Gasteiger partial charge in [0.25, 0.3) is 5.91 Å². The molecule has 2 aliphatic heterocycles. The molecule has 1 aromatic carbocycles. The number of aryl methyl sites for hydroxylation is 1. The molecule has 6 nitrogen and oxygen atoms in total. The maximum absolute atomic E-state index is 12.5. The SMILES string of the molecule is Cc1cc(C(=O)Nc2ccc3c(c2)COC2(CCN(C4CCC4)CC2)O3)ccn1. The van der Waals surface area contributed by atoms with E-state index in [0.29, 0.717) is 12.2 Å². The summed E-state index contributed by atoms with van der Waals surface area (Å²) in [6.07, 6.45) is 7.50. The first-order valence-electron chi connectivity index (χ1n) is 10.5. The van der Waals surface area contributed by atoms with Crippen molar-refractivity contribution in [3.8, 4) is 5.75 Å². The first kappa shape index (κ1) is 18.6. The molecule has 6 heteroatoms. The summed E-state index contributed by atoms with van der Waals surface area (Å²) in [4.78, 5) is 19.2. The fourth-order valence-corrected chi connectivity index (χ4v) is 4.43. The molecule has 3 aliphatic rings. The minimum absolute atomic E-state index is 0.145. The zero-order chi connectivity index (χ0) is 19.8. The van der Waals surface area contributed by atoms with Crippen LogP contribution in [-0.2, 0) is 11.3 Å². The first-order chi connectivity index (χ1) is 14.1. The highest BCUT2D eigenvalue weighted by Gasteiger charge is 2.42. The molecule has 1 saturated carbocycles. The Labute approximate surface area is 171 Å². The number of fused-ring (bicyclic) bond motifs is 1. The topological polar surface area (TPSA) is 63.7 Å². The number of nitrogens with zero attached hydrogens (tertiary/aromatic N) is 2. The molecule has 2 aromatic rings. The number of carbonyl (C=O) groups excluding carboxylic acids is 1. The van der Waals surface area contributed by atoms with Crippen molar-refractivity contribution in [2.24, 2.45) is 0 Å². The lowest BCUT2D eigenvalue weighted by molar-refractivity contribution is -0.231. The van der Waals surface area contributed by atoms with Crippen molar-refractivity contribution in [2.45, 2.75) is 57.5 Å². The van der Waals surface area contributed by atoms with Crippen molar-refractivity contribution in [3.63, 3.8) is 0 Å². The van der Waals surface area contributed by atoms with Crippen LogP contribution in [0.1, 0.15) is 53.7 Å². The van der Waals surface area contributed by atoms with Gasteiger partial charge in [0.2, 0.25) is 5.79 Å². The number of benzene rings is 1. The molecular formula is C23H27N3O3. The number of likely N-dealkylation sites (tertiary alicyclic amines) is 1. The summed E-state index contributed by atoms with van der Waals surface area (Å²) in [5.41, 5.74) is 3.13. The quantitative estimate of drug-likeness (QED) is 0.857. The number of aromatic nitrogens is 1. The van der Waals surface area contributed by atoms with E-state index in [2.05, 4.69) is 15.2 Å². The number of pyridine rings is 1. The maximum Gasteiger partial charge on any atom is 0.255 e. The lowest BCUT2D eigenvalue weighted by Gasteiger charge is -2.47. The highest BCUT2D eigenvalue weighted by atomic mass is 16.7. The van der Waals surface area contributed by atoms with Crippen LogP contribution in [0.5, 0.6) is 5.75 Å². The van der Waals surface area contributed by atoms with Gasteiger partial charge in [-0.05, 0) is 50.1 Å². The van der Waals surface area contributed by atoms with Crippen molar-refractivity contribution in [2.75, 3.05) is 18.4 Å². The van der Waals surface area contributed by atoms with E-state index >= 15 is 0 Å². The molecule has 0 radical (unpaired) electrons. The number of hydrogen-bond acceptors (Lipinski definition) is 5. The largest absolute Gasteiger partial charge is 0.462 e. The number of amides is 1. The van der Waals surface area contributed by atoms with Crippen LogP contribution in [0.2, 0.25) is 0 Å². The second-order valence-electron chi connectivity index (χ2n) is 8.38. The molecule has 1 spiro atoms. The molecule has 3 heterocycles. The Morgan fingerprint density at radius 3 is 2.76 bits per heavy atom. The van der Waals surface area contributed by atoms with Crippen molar-refractivity contribution in [1.29, 1.82) is 0 Å². The van der Waals surface area contributed by atoms with E-state index in [1.165, 1.54) is 19.3 Å². The van der Waals surface area contributed by atoms with Crippen LogP contribution in [0, 0.1) is 6.92 Å². The second-order valence-corrected chi connectivity index (χ2v) is 8.38. The second kappa shape index (κ2) is 7.43. The molecule has 0 bridgehead atoms. The summed E-state index contributed by atoms with van der Waals surface area (Å²) in [5, 5.41) is 2.95. The van der Waals surface area contributed by atoms with Crippen LogP contribution in [0.3, 0.4) is 0 Å². The Balaban J connectivity index is 1.24. The van der Waals surface area contributed by atoms with Crippen molar-refractivity contribution in [1.82, 2.24) is 9.88 Å². The third-order valence-electron chi connectivity index (χ3n) is 6.41. The Kier molecular flexibility index (Phi) is 4.76. The summed E-state index contributed by atoms with van der Waals surface area (Å²) < 4.78 is 12.5. The van der Waals surface area contributed by atoms with E-state index in [1.54, 1.807) is 18.3 Å². The Morgan fingerprint density at radius 2 is 2.03 bits per heavy atom. The minimum Gasteiger partial charge on any atom is -0.462 e. The summed E-state index contributed by atoms with van der Waals surface area (Å²) >= 11 is 0. The number of nitrogens with one attached hydrogen (secondary N) is 1. The van der Waals surface area contributed by atoms with Gasteiger partial charge in [-0.15, -0.1) is 0 Å². The molecular weight excluding hydrogens is 366 g/mol. The molecule has 29 heavy (non-hydrogen) atoms. The molecule has 1 N–H and O–H groups in total. The fourth-order valence-electron chi connectivity index (χ4n) is 4.43. The van der Waals surface area contributed by atoms with Gasteiger partial charge in [-0.25, -0.2) is 0 Å². The van der Waals surface area contributed by atoms with E-state index in [-0.39, 0.29) is 5.91 Å². The summed E-state index contributed by atoms with van der Waals surface area (Å²) in [7, 11) is 0. The van der Waals surface area contributed by atoms with E-state index < -0.39 is 5.79 Å². The molecule has 1 aromatic heterocycles. The summed E-state index contributed by atoms with van der Waals surface area (Å²) in [6, 6.07) is 10.1. The fraction of sp³-hybridized carbons (Fsp3) is 0.478. The number of anilines is 1. The smallest absolute Gasteiger partial charge is 0.255 e. The van der Waals surface area contributed by atoms with Gasteiger partial charge in [-0.3, -0.25) is 14.7 Å². The highest BCUT2D eigenvalue weighted by molar-refractivity contribution is 6.04. The van der Waals surface area contributed by atoms with E-state index in [9.17, 15) is 4.79 Å². The van der Waals surface area contributed by atoms with Crippen LogP contribution in [0.25, 0.3) is 0 Å². The third-order valence-corrected chi connectivity index (χ3v) is 6.41. The zero-order valence-electron chi connectivity index (χ0n) is 16.8. The van der Waals surface area contributed by atoms with Crippen LogP contribution in [0.15, 0.2) is 36.5 Å². The standard InChI is InChI=1S/C23H27N3O3/c1-16-13-17(7-10-24-16)22(27)25-19-5-6-21-18(14-19)15-28-23(29-21)8-11-26(12-9-23)20-3-2-4-20/h5-7,10,13-14,20H,2-4,8-9,11-12,15H2,1H3,(H,25,27). The van der Waals surface area contributed by atoms with Gasteiger partial charge in [-0.1, -0.05) is 6.42 Å². The predicted octanol–water partition coefficient (Wildman–Crippen LogP) is 3.90. The first-order valence-corrected chi connectivity index (χ1v) is 10.5. The monoisotopic (exact) mass is 393 g/mol. The van der Waals surface area contributed by atoms with Gasteiger partial charge in [-0.2, -0.15) is 0 Å². The number of hydrogen-bond donors (Lipinski definition) is 1. The molecule has 1 saturated heterocycles. The molecule has 2 fully saturated rings. The highest BCUT2D eigenvalue weighted by Crippen LogP contribution is 2.40. The Bertz CT molecular complexity index is 917. The molecule has 0 unspecified atom stereocenters. The van der Waals surface area contributed by atoms with Crippen LogP contribution in [-0.4, -0.2) is 40.7 Å². The third kappa shape index (κ3) is 3.74. The van der Waals surface area contributed by atoms with Gasteiger partial charge in [0.05, 0.1) is 6.61 Å². The molecule has 1 amide bonds. The van der Waals surface area contributed by atoms with Gasteiger partial charge in [0, 0.05) is 60.7 Å². The summed E-state index contributed by atoms with van der Waals surface area (Å²) in [5.74, 6) is 0.228. The van der Waals surface area contributed by atoms with Crippen molar-refractivity contribution < 1.29 is 14.3 Å². The van der Waals surface area contributed by atoms with Crippen molar-refractivity contribution in [3.05, 3.63) is 53.3 Å². The van der Waals surface area contributed by atoms with E-state index in [1.807, 2.05) is 25.1 Å². The predicted molar refractivity (Wildman–Crippen MR) is 110 cm³/mol. The Morgan fingerprint density at radius 1 is 1.21 bits per heavy atom. The van der Waals surface area contributed by atoms with Crippen molar-refractivity contribution >= 4 is 11.6 Å². The average Bonchev–Trinajstić information content (AvgIpc) is 2.69. The lowest BCUT2D eigenvalue weighted by Crippen LogP contribution is -2.54. The molecule has 152 valence electrons. The van der Waals surface area contributed by atoms with Gasteiger partial charge in [0.1, 0.15) is 5.75 Å². The van der Waals surface area contributed by atoms with Crippen LogP contribution < -0.4 is 10.1 Å². The van der Waals surface area contributed by atoms with Gasteiger partial charge < -0.3 is 14.8 Å². The number of piperidine rings is 1. The maximum atomic E-state index is 12.5. The number of carbonyl (C=O) groups is 1. The van der Waals surface area contributed by atoms with Crippen LogP contribution >= 0.6 is 0 Å². The molecule has 5 rings (SSSR count). The Hall–Kier alpha value is -2.44. The van der Waals surface area contributed by atoms with E-state index in [4.69, 9.17) is 9.47 Å². The van der Waals surface area contributed by atoms with E-state index in [0.717, 1.165) is 54.7 Å². The zero-order valence-corrected chi connectivity index (χ0v) is 16.8. The number of rotatable bonds is 3.